The molecule has 1 unspecified atom stereocenters. The molecule has 0 aliphatic carbocycles. The van der Waals surface area contributed by atoms with Gasteiger partial charge in [-0.05, 0) is 25.1 Å². The number of aliphatic hydroxyl groups is 1. The predicted molar refractivity (Wildman–Crippen MR) is 71.7 cm³/mol. The molecule has 0 radical (unpaired) electrons. The molecule has 0 aliphatic heterocycles. The van der Waals surface area contributed by atoms with Gasteiger partial charge in [0.1, 0.15) is 12.0 Å². The largest absolute Gasteiger partial charge is 0.494 e. The van der Waals surface area contributed by atoms with Crippen LogP contribution in [0.2, 0.25) is 0 Å². The van der Waals surface area contributed by atoms with Crippen molar-refractivity contribution in [3.05, 3.63) is 18.2 Å². The van der Waals surface area contributed by atoms with Crippen molar-refractivity contribution in [2.45, 2.75) is 17.5 Å². The normalized spacial score (nSPS) is 12.9. The maximum atomic E-state index is 9.02. The van der Waals surface area contributed by atoms with E-state index in [0.29, 0.717) is 12.4 Å². The summed E-state index contributed by atoms with van der Waals surface area (Å²) in [6.45, 7) is 2.62. The summed E-state index contributed by atoms with van der Waals surface area (Å²) < 4.78 is 7.44. The van der Waals surface area contributed by atoms with Gasteiger partial charge in [0.2, 0.25) is 0 Å². The first kappa shape index (κ1) is 12.6. The van der Waals surface area contributed by atoms with Crippen molar-refractivity contribution in [2.24, 2.45) is 5.73 Å². The maximum Gasteiger partial charge on any atom is 0.151 e. The molecule has 4 nitrogen and oxygen atoms in total. The number of hydrogen-bond donors (Lipinski definition) is 2. The molecule has 0 spiro atoms. The zero-order valence-electron chi connectivity index (χ0n) is 9.42. The molecular formula is C11H14N2O2S2. The third-order valence-electron chi connectivity index (χ3n) is 2.03. The molecule has 2 rings (SSSR count). The number of benzene rings is 1. The molecule has 0 saturated heterocycles. The molecule has 0 saturated carbocycles. The zero-order chi connectivity index (χ0) is 12.3. The Morgan fingerprint density at radius 2 is 2.41 bits per heavy atom. The Kier molecular flexibility index (Phi) is 4.22. The topological polar surface area (TPSA) is 68.4 Å². The lowest BCUT2D eigenvalue weighted by atomic mass is 10.3. The molecule has 1 aromatic carbocycles. The molecule has 1 heterocycles. The lowest BCUT2D eigenvalue weighted by molar-refractivity contribution is 0.208. The minimum absolute atomic E-state index is 0.456. The third kappa shape index (κ3) is 3.32. The van der Waals surface area contributed by atoms with Crippen molar-refractivity contribution >= 4 is 33.3 Å². The van der Waals surface area contributed by atoms with Gasteiger partial charge in [-0.1, -0.05) is 11.8 Å². The summed E-state index contributed by atoms with van der Waals surface area (Å²) in [5.74, 6) is 1.32. The summed E-state index contributed by atoms with van der Waals surface area (Å²) in [6.07, 6.45) is -0.800. The lowest BCUT2D eigenvalue weighted by Crippen LogP contribution is -2.21. The summed E-state index contributed by atoms with van der Waals surface area (Å²) in [4.78, 5) is 4.45. The number of fused-ring (bicyclic) bond motifs is 1. The first-order valence-corrected chi connectivity index (χ1v) is 7.09. The molecule has 2 aromatic rings. The fraction of sp³-hybridized carbons (Fsp3) is 0.364. The number of nitrogens with zero attached hydrogens (tertiary/aromatic N) is 1. The molecule has 3 N–H and O–H groups in total. The second kappa shape index (κ2) is 5.68. The van der Waals surface area contributed by atoms with Gasteiger partial charge in [-0.2, -0.15) is 0 Å². The van der Waals surface area contributed by atoms with Crippen LogP contribution in [0.4, 0.5) is 0 Å². The summed E-state index contributed by atoms with van der Waals surface area (Å²) in [7, 11) is 0. The van der Waals surface area contributed by atoms with Gasteiger partial charge < -0.3 is 15.6 Å². The van der Waals surface area contributed by atoms with Crippen LogP contribution in [0.25, 0.3) is 10.2 Å². The minimum Gasteiger partial charge on any atom is -0.494 e. The monoisotopic (exact) mass is 270 g/mol. The fourth-order valence-electron chi connectivity index (χ4n) is 1.36. The highest BCUT2D eigenvalue weighted by Gasteiger charge is 2.07. The van der Waals surface area contributed by atoms with Gasteiger partial charge in [0.25, 0.3) is 0 Å². The summed E-state index contributed by atoms with van der Waals surface area (Å²) in [6, 6.07) is 5.84. The van der Waals surface area contributed by atoms with E-state index in [9.17, 15) is 0 Å². The van der Waals surface area contributed by atoms with Crippen molar-refractivity contribution < 1.29 is 9.84 Å². The second-order valence-corrected chi connectivity index (χ2v) is 5.72. The number of aliphatic hydroxyl groups excluding tert-OH is 1. The second-order valence-electron chi connectivity index (χ2n) is 3.42. The number of rotatable bonds is 5. The summed E-state index contributed by atoms with van der Waals surface area (Å²) in [5.41, 5.74) is 6.24. The minimum atomic E-state index is -0.800. The number of nitrogens with two attached hydrogens (primary N) is 1. The summed E-state index contributed by atoms with van der Waals surface area (Å²) in [5, 5.41) is 9.02. The molecule has 17 heavy (non-hydrogen) atoms. The van der Waals surface area contributed by atoms with Gasteiger partial charge in [-0.15, -0.1) is 11.3 Å². The lowest BCUT2D eigenvalue weighted by Gasteiger charge is -2.00. The number of ether oxygens (including phenoxy) is 1. The van der Waals surface area contributed by atoms with Gasteiger partial charge in [0, 0.05) is 5.75 Å². The van der Waals surface area contributed by atoms with Crippen molar-refractivity contribution in [3.8, 4) is 5.75 Å². The number of thioether (sulfide) groups is 1. The van der Waals surface area contributed by atoms with E-state index in [-0.39, 0.29) is 0 Å². The SMILES string of the molecule is CCOc1ccc2nc(SCC(N)O)sc2c1. The molecular weight excluding hydrogens is 256 g/mol. The van der Waals surface area contributed by atoms with Gasteiger partial charge >= 0.3 is 0 Å². The van der Waals surface area contributed by atoms with E-state index < -0.39 is 6.23 Å². The number of thiazole rings is 1. The van der Waals surface area contributed by atoms with E-state index in [2.05, 4.69) is 4.98 Å². The smallest absolute Gasteiger partial charge is 0.151 e. The van der Waals surface area contributed by atoms with Crippen LogP contribution in [-0.2, 0) is 0 Å². The average Bonchev–Trinajstić information content (AvgIpc) is 2.69. The fourth-order valence-corrected chi connectivity index (χ4v) is 3.27. The van der Waals surface area contributed by atoms with E-state index in [0.717, 1.165) is 20.3 Å². The van der Waals surface area contributed by atoms with E-state index >= 15 is 0 Å². The van der Waals surface area contributed by atoms with Crippen LogP contribution in [0.1, 0.15) is 6.92 Å². The van der Waals surface area contributed by atoms with Crippen LogP contribution in [0, 0.1) is 0 Å². The summed E-state index contributed by atoms with van der Waals surface area (Å²) >= 11 is 3.05. The first-order valence-electron chi connectivity index (χ1n) is 5.29. The van der Waals surface area contributed by atoms with E-state index in [1.54, 1.807) is 11.3 Å². The molecule has 1 aromatic heterocycles. The van der Waals surface area contributed by atoms with Gasteiger partial charge in [-0.3, -0.25) is 0 Å². The Hall–Kier alpha value is -0.820. The molecule has 0 bridgehead atoms. The van der Waals surface area contributed by atoms with Crippen LogP contribution in [0.5, 0.6) is 5.75 Å². The van der Waals surface area contributed by atoms with E-state index in [1.807, 2.05) is 25.1 Å². The zero-order valence-corrected chi connectivity index (χ0v) is 11.1. The predicted octanol–water partition coefficient (Wildman–Crippen LogP) is 2.06. The highest BCUT2D eigenvalue weighted by Crippen LogP contribution is 2.31. The Morgan fingerprint density at radius 1 is 1.59 bits per heavy atom. The first-order chi connectivity index (χ1) is 8.19. The van der Waals surface area contributed by atoms with Crippen molar-refractivity contribution in [2.75, 3.05) is 12.4 Å². The van der Waals surface area contributed by atoms with Crippen LogP contribution in [0.15, 0.2) is 22.5 Å². The van der Waals surface area contributed by atoms with Crippen LogP contribution in [-0.4, -0.2) is 28.7 Å². The van der Waals surface area contributed by atoms with E-state index in [1.165, 1.54) is 11.8 Å². The van der Waals surface area contributed by atoms with Gasteiger partial charge in [0.15, 0.2) is 4.34 Å². The molecule has 0 amide bonds. The van der Waals surface area contributed by atoms with Gasteiger partial charge in [0.05, 0.1) is 16.8 Å². The van der Waals surface area contributed by atoms with Crippen LogP contribution < -0.4 is 10.5 Å². The van der Waals surface area contributed by atoms with Crippen LogP contribution >= 0.6 is 23.1 Å². The van der Waals surface area contributed by atoms with E-state index in [4.69, 9.17) is 15.6 Å². The Morgan fingerprint density at radius 3 is 3.12 bits per heavy atom. The molecule has 6 heteroatoms. The van der Waals surface area contributed by atoms with Gasteiger partial charge in [-0.25, -0.2) is 4.98 Å². The molecule has 0 fully saturated rings. The Balaban J connectivity index is 2.18. The average molecular weight is 270 g/mol. The third-order valence-corrected chi connectivity index (χ3v) is 4.29. The molecule has 1 atom stereocenters. The highest BCUT2D eigenvalue weighted by atomic mass is 32.2. The quantitative estimate of drug-likeness (QED) is 0.643. The standard InChI is InChI=1S/C11H14N2O2S2/c1-2-15-7-3-4-8-9(5-7)17-11(13-8)16-6-10(12)14/h3-5,10,14H,2,6,12H2,1H3. The Bertz CT molecular complexity index is 499. The Labute approximate surface area is 108 Å². The highest BCUT2D eigenvalue weighted by molar-refractivity contribution is 8.01. The number of aromatic nitrogens is 1. The van der Waals surface area contributed by atoms with Crippen LogP contribution in [0.3, 0.4) is 0 Å². The maximum absolute atomic E-state index is 9.02. The molecule has 92 valence electrons. The van der Waals surface area contributed by atoms with Crippen molar-refractivity contribution in [1.82, 2.24) is 4.98 Å². The van der Waals surface area contributed by atoms with Crippen molar-refractivity contribution in [1.29, 1.82) is 0 Å². The van der Waals surface area contributed by atoms with Crippen molar-refractivity contribution in [3.63, 3.8) is 0 Å². The number of hydrogen-bond acceptors (Lipinski definition) is 6. The molecule has 0 aliphatic rings.